The van der Waals surface area contributed by atoms with E-state index in [-0.39, 0.29) is 21.0 Å². The molecule has 0 fully saturated rings. The van der Waals surface area contributed by atoms with Gasteiger partial charge in [0.15, 0.2) is 0 Å². The number of amides is 1. The second kappa shape index (κ2) is 12.9. The molecule has 2 aromatic carbocycles. The number of carbonyl (C=O) groups excluding carboxylic acids is 3. The number of rotatable bonds is 13. The standard InChI is InChI=1S/C30H34AsN3O4/c1-19(35)8-5-4-6-10-26(30(37)34-27-11-7-9-21-18-32-15-14-23(21)27)31-29(36)17-24-20(2)33-28-13-12-22(38-3)16-25(24)28/h7,9,11-16,18,26,31,33H,4-6,8,10,17H2,1-3H3,(H,34,37)/t26-/m0/s1. The second-order valence-corrected chi connectivity index (χ2v) is 12.9. The third-order valence-corrected chi connectivity index (χ3v) is 9.71. The number of nitrogens with zero attached hydrogens (tertiary/aromatic N) is 1. The zero-order valence-electron chi connectivity index (χ0n) is 22.1. The van der Waals surface area contributed by atoms with E-state index in [1.165, 1.54) is 0 Å². The maximum absolute atomic E-state index is 13.5. The average molecular weight is 576 g/mol. The topological polar surface area (TPSA) is 101 Å². The molecular weight excluding hydrogens is 541 g/mol. The Balaban J connectivity index is 1.50. The molecule has 0 saturated carbocycles. The zero-order chi connectivity index (χ0) is 27.1. The molecule has 198 valence electrons. The van der Waals surface area contributed by atoms with Crippen LogP contribution in [0.4, 0.5) is 5.69 Å². The molecule has 8 heteroatoms. The first-order valence-corrected chi connectivity index (χ1v) is 15.2. The Labute approximate surface area is 229 Å². The molecule has 2 aromatic heterocycles. The van der Waals surface area contributed by atoms with E-state index >= 15 is 0 Å². The molecule has 1 unspecified atom stereocenters. The Kier molecular flexibility index (Phi) is 9.35. The first-order valence-electron chi connectivity index (χ1n) is 12.9. The van der Waals surface area contributed by atoms with Crippen molar-refractivity contribution in [1.82, 2.24) is 9.97 Å². The predicted octanol–water partition coefficient (Wildman–Crippen LogP) is 5.51. The van der Waals surface area contributed by atoms with E-state index in [1.54, 1.807) is 26.4 Å². The van der Waals surface area contributed by atoms with Gasteiger partial charge in [0.2, 0.25) is 0 Å². The molecule has 0 saturated heterocycles. The molecule has 0 spiro atoms. The van der Waals surface area contributed by atoms with Gasteiger partial charge in [0, 0.05) is 0 Å². The van der Waals surface area contributed by atoms with Crippen LogP contribution >= 0.6 is 0 Å². The van der Waals surface area contributed by atoms with Gasteiger partial charge in [-0.25, -0.2) is 0 Å². The number of aromatic amines is 1. The van der Waals surface area contributed by atoms with Crippen molar-refractivity contribution in [1.29, 1.82) is 0 Å². The average Bonchev–Trinajstić information content (AvgIpc) is 3.21. The van der Waals surface area contributed by atoms with Crippen molar-refractivity contribution >= 4 is 59.4 Å². The van der Waals surface area contributed by atoms with Crippen LogP contribution in [0.3, 0.4) is 0 Å². The number of carbonyl (C=O) groups is 3. The van der Waals surface area contributed by atoms with Crippen molar-refractivity contribution in [2.75, 3.05) is 12.4 Å². The Bertz CT molecular complexity index is 1460. The van der Waals surface area contributed by atoms with Gasteiger partial charge in [0.1, 0.15) is 0 Å². The number of nitrogens with one attached hydrogen (secondary N) is 2. The molecule has 4 aromatic rings. The van der Waals surface area contributed by atoms with Crippen LogP contribution in [0.15, 0.2) is 54.9 Å². The first kappa shape index (κ1) is 27.6. The number of hydrogen-bond acceptors (Lipinski definition) is 5. The summed E-state index contributed by atoms with van der Waals surface area (Å²) in [6.45, 7) is 3.58. The maximum atomic E-state index is 13.5. The number of Topliss-reactive ketones (excluding diaryl/α,β-unsaturated/α-hetero) is 1. The van der Waals surface area contributed by atoms with Crippen LogP contribution in [0, 0.1) is 6.92 Å². The number of ketones is 1. The van der Waals surface area contributed by atoms with Gasteiger partial charge in [-0.2, -0.15) is 0 Å². The molecule has 2 N–H and O–H groups in total. The fourth-order valence-electron chi connectivity index (χ4n) is 4.74. The third kappa shape index (κ3) is 6.90. The van der Waals surface area contributed by atoms with Crippen LogP contribution in [-0.4, -0.2) is 49.1 Å². The van der Waals surface area contributed by atoms with Gasteiger partial charge in [-0.15, -0.1) is 0 Å². The van der Waals surface area contributed by atoms with Crippen molar-refractivity contribution < 1.29 is 19.1 Å². The summed E-state index contributed by atoms with van der Waals surface area (Å²) in [5.74, 6) is 0.819. The van der Waals surface area contributed by atoms with Crippen LogP contribution in [0.1, 0.15) is 50.3 Å². The van der Waals surface area contributed by atoms with Crippen molar-refractivity contribution in [3.05, 3.63) is 66.1 Å². The first-order chi connectivity index (χ1) is 18.4. The van der Waals surface area contributed by atoms with Gasteiger partial charge in [-0.05, 0) is 0 Å². The number of pyridine rings is 1. The quantitative estimate of drug-likeness (QED) is 0.162. The summed E-state index contributed by atoms with van der Waals surface area (Å²) in [5, 5.41) is 5.95. The summed E-state index contributed by atoms with van der Waals surface area (Å²) in [5.41, 5.74) is 3.63. The fourth-order valence-corrected chi connectivity index (χ4v) is 7.30. The number of H-pyrrole nitrogens is 1. The van der Waals surface area contributed by atoms with E-state index in [0.29, 0.717) is 19.3 Å². The van der Waals surface area contributed by atoms with Crippen LogP contribution < -0.4 is 10.1 Å². The van der Waals surface area contributed by atoms with E-state index in [9.17, 15) is 14.4 Å². The van der Waals surface area contributed by atoms with E-state index in [2.05, 4.69) is 15.3 Å². The van der Waals surface area contributed by atoms with Gasteiger partial charge in [-0.1, -0.05) is 0 Å². The molecule has 0 aliphatic rings. The number of ether oxygens (including phenoxy) is 1. The van der Waals surface area contributed by atoms with E-state index in [1.807, 2.05) is 49.4 Å². The van der Waals surface area contributed by atoms with E-state index < -0.39 is 15.8 Å². The Hall–Kier alpha value is -3.44. The SMILES string of the molecule is COc1ccc2[nH]c(C)c(CC(=O)[AsH][C@@H](CCCCCC(C)=O)C(=O)Nc3cccc4cnccc34)c2c1. The normalized spacial score (nSPS) is 12.3. The van der Waals surface area contributed by atoms with E-state index in [4.69, 9.17) is 4.74 Å². The van der Waals surface area contributed by atoms with Gasteiger partial charge in [0.25, 0.3) is 0 Å². The number of hydrogen-bond donors (Lipinski definition) is 2. The van der Waals surface area contributed by atoms with Crippen LogP contribution in [-0.2, 0) is 20.8 Å². The van der Waals surface area contributed by atoms with Crippen molar-refractivity contribution in [2.24, 2.45) is 0 Å². The van der Waals surface area contributed by atoms with Crippen molar-refractivity contribution in [2.45, 2.75) is 57.1 Å². The molecule has 0 aliphatic heterocycles. The number of anilines is 1. The number of benzene rings is 2. The summed E-state index contributed by atoms with van der Waals surface area (Å²) >= 11 is -1.25. The molecule has 2 heterocycles. The number of aromatic nitrogens is 2. The van der Waals surface area contributed by atoms with Crippen LogP contribution in [0.2, 0.25) is 4.71 Å². The monoisotopic (exact) mass is 575 g/mol. The van der Waals surface area contributed by atoms with Crippen LogP contribution in [0.25, 0.3) is 21.7 Å². The predicted molar refractivity (Wildman–Crippen MR) is 153 cm³/mol. The zero-order valence-corrected chi connectivity index (χ0v) is 24.2. The molecule has 38 heavy (non-hydrogen) atoms. The summed E-state index contributed by atoms with van der Waals surface area (Å²) in [6.07, 6.45) is 7.46. The minimum absolute atomic E-state index is 0.105. The summed E-state index contributed by atoms with van der Waals surface area (Å²) in [6, 6.07) is 13.4. The Morgan fingerprint density at radius 3 is 2.71 bits per heavy atom. The Morgan fingerprint density at radius 1 is 1.08 bits per heavy atom. The molecule has 4 rings (SSSR count). The summed E-state index contributed by atoms with van der Waals surface area (Å²) in [4.78, 5) is 45.7. The third-order valence-electron chi connectivity index (χ3n) is 6.78. The van der Waals surface area contributed by atoms with Gasteiger partial charge in [0.05, 0.1) is 0 Å². The van der Waals surface area contributed by atoms with Crippen LogP contribution in [0.5, 0.6) is 5.75 Å². The molecule has 0 bridgehead atoms. The molecular formula is C30H34AsN3O4. The number of fused-ring (bicyclic) bond motifs is 2. The van der Waals surface area contributed by atoms with Gasteiger partial charge < -0.3 is 0 Å². The van der Waals surface area contributed by atoms with E-state index in [0.717, 1.165) is 63.6 Å². The molecule has 0 aliphatic carbocycles. The molecule has 1 amide bonds. The molecule has 2 atom stereocenters. The number of aryl methyl sites for hydroxylation is 1. The Morgan fingerprint density at radius 2 is 1.92 bits per heavy atom. The van der Waals surface area contributed by atoms with Gasteiger partial charge in [-0.3, -0.25) is 0 Å². The minimum atomic E-state index is -1.25. The van der Waals surface area contributed by atoms with Crippen molar-refractivity contribution in [3.8, 4) is 5.75 Å². The number of methoxy groups -OCH3 is 1. The molecule has 0 radical (unpaired) electrons. The van der Waals surface area contributed by atoms with Gasteiger partial charge >= 0.3 is 230 Å². The second-order valence-electron chi connectivity index (χ2n) is 9.63. The number of unbranched alkanes of at least 4 members (excludes halogenated alkanes) is 2. The van der Waals surface area contributed by atoms with Crippen molar-refractivity contribution in [3.63, 3.8) is 0 Å². The molecule has 7 nitrogen and oxygen atoms in total. The summed E-state index contributed by atoms with van der Waals surface area (Å²) in [7, 11) is 1.63. The fraction of sp³-hybridized carbons (Fsp3) is 0.333. The summed E-state index contributed by atoms with van der Waals surface area (Å²) < 4.78 is 5.19.